The largest absolute Gasteiger partial charge is 0.324 e. The Bertz CT molecular complexity index is 583. The third-order valence-electron chi connectivity index (χ3n) is 4.90. The van der Waals surface area contributed by atoms with Gasteiger partial charge >= 0.3 is 0 Å². The molecule has 1 heterocycles. The standard InChI is InChI=1S/C18H25N2/c1-3-20(2)12-10-19(11-13-20)15-16-8-9-17-6-4-5-7-18(17)14-16/h4-9,14H,3,10-13,15H2,1-2H3/q+1. The van der Waals surface area contributed by atoms with Crippen LogP contribution in [0.4, 0.5) is 0 Å². The van der Waals surface area contributed by atoms with Gasteiger partial charge in [-0.1, -0.05) is 36.4 Å². The Morgan fingerprint density at radius 1 is 1.00 bits per heavy atom. The first kappa shape index (κ1) is 13.6. The highest BCUT2D eigenvalue weighted by Gasteiger charge is 2.26. The molecule has 3 rings (SSSR count). The second-order valence-electron chi connectivity index (χ2n) is 6.34. The van der Waals surface area contributed by atoms with Crippen LogP contribution in [0.1, 0.15) is 12.5 Å². The summed E-state index contributed by atoms with van der Waals surface area (Å²) in [7, 11) is 2.38. The monoisotopic (exact) mass is 269 g/mol. The van der Waals surface area contributed by atoms with Crippen LogP contribution in [0, 0.1) is 0 Å². The Hall–Kier alpha value is -1.38. The van der Waals surface area contributed by atoms with Crippen molar-refractivity contribution >= 4 is 10.8 Å². The molecule has 0 aromatic heterocycles. The molecule has 20 heavy (non-hydrogen) atoms. The fraction of sp³-hybridized carbons (Fsp3) is 0.444. The van der Waals surface area contributed by atoms with Crippen LogP contribution in [0.15, 0.2) is 42.5 Å². The first-order valence-corrected chi connectivity index (χ1v) is 7.72. The number of hydrogen-bond donors (Lipinski definition) is 0. The van der Waals surface area contributed by atoms with Crippen molar-refractivity contribution in [1.82, 2.24) is 4.90 Å². The lowest BCUT2D eigenvalue weighted by molar-refractivity contribution is -0.912. The second-order valence-corrected chi connectivity index (χ2v) is 6.34. The third-order valence-corrected chi connectivity index (χ3v) is 4.90. The van der Waals surface area contributed by atoms with Crippen molar-refractivity contribution in [2.75, 3.05) is 39.8 Å². The van der Waals surface area contributed by atoms with E-state index in [9.17, 15) is 0 Å². The van der Waals surface area contributed by atoms with Gasteiger partial charge in [0.1, 0.15) is 0 Å². The summed E-state index contributed by atoms with van der Waals surface area (Å²) in [6.07, 6.45) is 0. The molecule has 2 nitrogen and oxygen atoms in total. The van der Waals surface area contributed by atoms with E-state index in [1.54, 1.807) is 0 Å². The topological polar surface area (TPSA) is 3.24 Å². The highest BCUT2D eigenvalue weighted by Crippen LogP contribution is 2.18. The number of piperazine rings is 1. The summed E-state index contributed by atoms with van der Waals surface area (Å²) in [4.78, 5) is 2.60. The second kappa shape index (κ2) is 5.55. The zero-order chi connectivity index (χ0) is 14.0. The van der Waals surface area contributed by atoms with E-state index in [2.05, 4.69) is 61.3 Å². The molecule has 106 valence electrons. The number of fused-ring (bicyclic) bond motifs is 1. The van der Waals surface area contributed by atoms with E-state index >= 15 is 0 Å². The van der Waals surface area contributed by atoms with Gasteiger partial charge in [-0.05, 0) is 29.3 Å². The van der Waals surface area contributed by atoms with Crippen LogP contribution < -0.4 is 0 Å². The number of benzene rings is 2. The average molecular weight is 269 g/mol. The van der Waals surface area contributed by atoms with E-state index in [0.717, 1.165) is 6.54 Å². The van der Waals surface area contributed by atoms with Crippen LogP contribution in [0.5, 0.6) is 0 Å². The van der Waals surface area contributed by atoms with Crippen molar-refractivity contribution < 1.29 is 4.48 Å². The molecule has 0 radical (unpaired) electrons. The Labute approximate surface area is 122 Å². The molecule has 2 heteroatoms. The van der Waals surface area contributed by atoms with Gasteiger partial charge < -0.3 is 4.48 Å². The normalized spacial score (nSPS) is 19.3. The minimum absolute atomic E-state index is 1.09. The van der Waals surface area contributed by atoms with E-state index in [0.29, 0.717) is 0 Å². The SMILES string of the molecule is CC[N+]1(C)CCN(Cc2ccc3ccccc3c2)CC1. The number of hydrogen-bond acceptors (Lipinski definition) is 1. The minimum Gasteiger partial charge on any atom is -0.324 e. The molecule has 0 spiro atoms. The van der Waals surface area contributed by atoms with Crippen LogP contribution in [0.25, 0.3) is 10.8 Å². The van der Waals surface area contributed by atoms with Gasteiger partial charge in [0.05, 0.1) is 26.7 Å². The third kappa shape index (κ3) is 2.87. The molecule has 0 saturated carbocycles. The lowest BCUT2D eigenvalue weighted by Crippen LogP contribution is -2.56. The summed E-state index contributed by atoms with van der Waals surface area (Å²) < 4.78 is 1.23. The van der Waals surface area contributed by atoms with E-state index in [4.69, 9.17) is 0 Å². The van der Waals surface area contributed by atoms with Gasteiger partial charge in [0.15, 0.2) is 0 Å². The van der Waals surface area contributed by atoms with E-state index in [1.165, 1.54) is 53.5 Å². The predicted molar refractivity (Wildman–Crippen MR) is 85.7 cm³/mol. The van der Waals surface area contributed by atoms with Crippen LogP contribution in [0.2, 0.25) is 0 Å². The van der Waals surface area contributed by atoms with Crippen molar-refractivity contribution in [3.05, 3.63) is 48.0 Å². The summed E-state index contributed by atoms with van der Waals surface area (Å²) in [5.41, 5.74) is 1.44. The smallest absolute Gasteiger partial charge is 0.0914 e. The molecule has 2 aromatic rings. The first-order valence-electron chi connectivity index (χ1n) is 7.72. The molecule has 2 aromatic carbocycles. The van der Waals surface area contributed by atoms with Crippen molar-refractivity contribution in [3.8, 4) is 0 Å². The molecule has 1 saturated heterocycles. The van der Waals surface area contributed by atoms with Gasteiger partial charge in [-0.15, -0.1) is 0 Å². The predicted octanol–water partition coefficient (Wildman–Crippen LogP) is 3.12. The molecule has 0 aliphatic carbocycles. The number of rotatable bonds is 3. The molecule has 0 atom stereocenters. The maximum Gasteiger partial charge on any atom is 0.0914 e. The average Bonchev–Trinajstić information content (AvgIpc) is 2.50. The highest BCUT2D eigenvalue weighted by molar-refractivity contribution is 5.82. The van der Waals surface area contributed by atoms with Crippen molar-refractivity contribution in [3.63, 3.8) is 0 Å². The maximum atomic E-state index is 2.60. The van der Waals surface area contributed by atoms with Crippen LogP contribution in [-0.2, 0) is 6.54 Å². The van der Waals surface area contributed by atoms with E-state index in [1.807, 2.05) is 0 Å². The molecule has 1 aliphatic rings. The Kier molecular flexibility index (Phi) is 3.77. The van der Waals surface area contributed by atoms with Crippen molar-refractivity contribution in [2.45, 2.75) is 13.5 Å². The van der Waals surface area contributed by atoms with Crippen LogP contribution in [0.3, 0.4) is 0 Å². The molecular weight excluding hydrogens is 244 g/mol. The summed E-state index contributed by atoms with van der Waals surface area (Å²) in [6, 6.07) is 15.5. The summed E-state index contributed by atoms with van der Waals surface area (Å²) in [5, 5.41) is 2.70. The van der Waals surface area contributed by atoms with E-state index in [-0.39, 0.29) is 0 Å². The molecule has 0 N–H and O–H groups in total. The summed E-state index contributed by atoms with van der Waals surface area (Å²) in [6.45, 7) is 9.65. The first-order chi connectivity index (χ1) is 9.68. The number of likely N-dealkylation sites (N-methyl/N-ethyl adjacent to an activating group) is 1. The fourth-order valence-corrected chi connectivity index (χ4v) is 3.06. The molecule has 0 unspecified atom stereocenters. The number of quaternary nitrogens is 1. The lowest BCUT2D eigenvalue weighted by atomic mass is 10.1. The van der Waals surface area contributed by atoms with Gasteiger partial charge in [0, 0.05) is 19.6 Å². The molecule has 0 bridgehead atoms. The van der Waals surface area contributed by atoms with Gasteiger partial charge in [-0.25, -0.2) is 0 Å². The number of nitrogens with zero attached hydrogens (tertiary/aromatic N) is 2. The maximum absolute atomic E-state index is 2.60. The Morgan fingerprint density at radius 3 is 2.40 bits per heavy atom. The van der Waals surface area contributed by atoms with Gasteiger partial charge in [0.2, 0.25) is 0 Å². The fourth-order valence-electron chi connectivity index (χ4n) is 3.06. The van der Waals surface area contributed by atoms with Crippen LogP contribution >= 0.6 is 0 Å². The van der Waals surface area contributed by atoms with Crippen molar-refractivity contribution in [2.24, 2.45) is 0 Å². The molecule has 0 amide bonds. The summed E-state index contributed by atoms with van der Waals surface area (Å²) in [5.74, 6) is 0. The minimum atomic E-state index is 1.09. The molecule has 1 fully saturated rings. The quantitative estimate of drug-likeness (QED) is 0.774. The van der Waals surface area contributed by atoms with Gasteiger partial charge in [0.25, 0.3) is 0 Å². The molecular formula is C18H25N2+. The molecule has 1 aliphatic heterocycles. The Morgan fingerprint density at radius 2 is 1.70 bits per heavy atom. The van der Waals surface area contributed by atoms with Crippen LogP contribution in [-0.4, -0.2) is 49.2 Å². The van der Waals surface area contributed by atoms with Gasteiger partial charge in [-0.3, -0.25) is 4.90 Å². The van der Waals surface area contributed by atoms with Crippen molar-refractivity contribution in [1.29, 1.82) is 0 Å². The zero-order valence-corrected chi connectivity index (χ0v) is 12.7. The van der Waals surface area contributed by atoms with E-state index < -0.39 is 0 Å². The highest BCUT2D eigenvalue weighted by atomic mass is 15.4. The zero-order valence-electron chi connectivity index (χ0n) is 12.7. The lowest BCUT2D eigenvalue weighted by Gasteiger charge is -2.41. The summed E-state index contributed by atoms with van der Waals surface area (Å²) >= 11 is 0. The Balaban J connectivity index is 1.68. The van der Waals surface area contributed by atoms with Gasteiger partial charge in [-0.2, -0.15) is 0 Å².